The second kappa shape index (κ2) is 4.50. The van der Waals surface area contributed by atoms with Gasteiger partial charge in [0.2, 0.25) is 11.8 Å². The third-order valence-electron chi connectivity index (χ3n) is 2.09. The quantitative estimate of drug-likeness (QED) is 0.661. The Labute approximate surface area is 81.6 Å². The molecule has 1 aliphatic heterocycles. The maximum atomic E-state index is 11.4. The van der Waals surface area contributed by atoms with E-state index in [1.165, 1.54) is 0 Å². The number of carbonyl (C=O) groups excluding carboxylic acids is 2. The molecule has 0 radical (unpaired) electrons. The van der Waals surface area contributed by atoms with Crippen LogP contribution in [0.3, 0.4) is 0 Å². The molecule has 1 saturated heterocycles. The minimum absolute atomic E-state index is 0.0451. The van der Waals surface area contributed by atoms with E-state index < -0.39 is 11.9 Å². The number of thioether (sulfide) groups is 1. The molecular formula is C8H14N2O2S. The van der Waals surface area contributed by atoms with Crippen molar-refractivity contribution in [3.05, 3.63) is 0 Å². The van der Waals surface area contributed by atoms with Gasteiger partial charge < -0.3 is 11.1 Å². The molecule has 0 aromatic rings. The fraction of sp³-hybridized carbons (Fsp3) is 0.750. The molecule has 1 aliphatic rings. The number of carbonyl (C=O) groups is 2. The lowest BCUT2D eigenvalue weighted by Gasteiger charge is -2.13. The Morgan fingerprint density at radius 3 is 2.77 bits per heavy atom. The summed E-state index contributed by atoms with van der Waals surface area (Å²) in [6.07, 6.45) is 0.905. The van der Waals surface area contributed by atoms with Gasteiger partial charge in [-0.3, -0.25) is 9.59 Å². The summed E-state index contributed by atoms with van der Waals surface area (Å²) in [4.78, 5) is 22.1. The Bertz CT molecular complexity index is 214. The molecule has 0 spiro atoms. The molecule has 3 N–H and O–H groups in total. The highest BCUT2D eigenvalue weighted by atomic mass is 32.2. The first kappa shape index (κ1) is 10.4. The van der Waals surface area contributed by atoms with Gasteiger partial charge in [0.15, 0.2) is 0 Å². The molecule has 0 aromatic heterocycles. The van der Waals surface area contributed by atoms with E-state index in [4.69, 9.17) is 5.73 Å². The van der Waals surface area contributed by atoms with Crippen molar-refractivity contribution < 1.29 is 9.59 Å². The van der Waals surface area contributed by atoms with E-state index >= 15 is 0 Å². The average Bonchev–Trinajstić information content (AvgIpc) is 2.55. The number of hydrogen-bond acceptors (Lipinski definition) is 3. The van der Waals surface area contributed by atoms with Crippen LogP contribution >= 0.6 is 11.8 Å². The zero-order chi connectivity index (χ0) is 9.84. The Morgan fingerprint density at radius 2 is 2.31 bits per heavy atom. The van der Waals surface area contributed by atoms with Crippen LogP contribution in [0.5, 0.6) is 0 Å². The van der Waals surface area contributed by atoms with Crippen molar-refractivity contribution in [1.82, 2.24) is 5.32 Å². The largest absolute Gasteiger partial charge is 0.368 e. The Morgan fingerprint density at radius 1 is 1.62 bits per heavy atom. The number of rotatable bonds is 3. The molecule has 2 atom stereocenters. The van der Waals surface area contributed by atoms with E-state index in [2.05, 4.69) is 5.32 Å². The molecular weight excluding hydrogens is 188 g/mol. The van der Waals surface area contributed by atoms with E-state index in [1.807, 2.05) is 0 Å². The smallest absolute Gasteiger partial charge is 0.239 e. The van der Waals surface area contributed by atoms with Crippen LogP contribution in [0.4, 0.5) is 0 Å². The molecule has 0 aromatic carbocycles. The van der Waals surface area contributed by atoms with Gasteiger partial charge in [-0.2, -0.15) is 11.8 Å². The summed E-state index contributed by atoms with van der Waals surface area (Å²) in [7, 11) is 0. The molecule has 2 amide bonds. The normalized spacial score (nSPS) is 23.9. The van der Waals surface area contributed by atoms with Gasteiger partial charge >= 0.3 is 0 Å². The lowest BCUT2D eigenvalue weighted by molar-refractivity contribution is -0.129. The zero-order valence-electron chi connectivity index (χ0n) is 7.58. The SMILES string of the molecule is C[C@H](NC(=O)C1CCSC1)C(N)=O. The van der Waals surface area contributed by atoms with Crippen LogP contribution in [-0.2, 0) is 9.59 Å². The number of amides is 2. The second-order valence-electron chi connectivity index (χ2n) is 3.19. The second-order valence-corrected chi connectivity index (χ2v) is 4.34. The van der Waals surface area contributed by atoms with Crippen molar-refractivity contribution in [3.63, 3.8) is 0 Å². The number of nitrogens with two attached hydrogens (primary N) is 1. The van der Waals surface area contributed by atoms with E-state index in [0.29, 0.717) is 0 Å². The summed E-state index contributed by atoms with van der Waals surface area (Å²) in [5.41, 5.74) is 5.02. The van der Waals surface area contributed by atoms with Crippen LogP contribution in [0.15, 0.2) is 0 Å². The van der Waals surface area contributed by atoms with Crippen molar-refractivity contribution in [1.29, 1.82) is 0 Å². The van der Waals surface area contributed by atoms with Crippen molar-refractivity contribution >= 4 is 23.6 Å². The van der Waals surface area contributed by atoms with Gasteiger partial charge in [-0.15, -0.1) is 0 Å². The Hall–Kier alpha value is -0.710. The molecule has 1 unspecified atom stereocenters. The summed E-state index contributed by atoms with van der Waals surface area (Å²) in [5.74, 6) is 1.42. The highest BCUT2D eigenvalue weighted by Crippen LogP contribution is 2.23. The van der Waals surface area contributed by atoms with Crippen molar-refractivity contribution in [2.24, 2.45) is 11.7 Å². The molecule has 74 valence electrons. The zero-order valence-corrected chi connectivity index (χ0v) is 8.39. The standard InChI is InChI=1S/C8H14N2O2S/c1-5(7(9)11)10-8(12)6-2-3-13-4-6/h5-6H,2-4H2,1H3,(H2,9,11)(H,10,12)/t5-,6?/m0/s1. The maximum Gasteiger partial charge on any atom is 0.239 e. The van der Waals surface area contributed by atoms with Crippen molar-refractivity contribution in [2.45, 2.75) is 19.4 Å². The lowest BCUT2D eigenvalue weighted by atomic mass is 10.1. The lowest BCUT2D eigenvalue weighted by Crippen LogP contribution is -2.44. The fourth-order valence-corrected chi connectivity index (χ4v) is 2.36. The molecule has 1 heterocycles. The van der Waals surface area contributed by atoms with Gasteiger partial charge in [0.05, 0.1) is 0 Å². The summed E-state index contributed by atoms with van der Waals surface area (Å²) in [6, 6.07) is -0.557. The van der Waals surface area contributed by atoms with Crippen LogP contribution < -0.4 is 11.1 Å². The Kier molecular flexibility index (Phi) is 3.59. The fourth-order valence-electron chi connectivity index (χ4n) is 1.14. The van der Waals surface area contributed by atoms with Crippen LogP contribution in [0, 0.1) is 5.92 Å². The third kappa shape index (κ3) is 2.91. The monoisotopic (exact) mass is 202 g/mol. The minimum atomic E-state index is -0.557. The van der Waals surface area contributed by atoms with Gasteiger partial charge in [-0.25, -0.2) is 0 Å². The highest BCUT2D eigenvalue weighted by Gasteiger charge is 2.24. The first-order chi connectivity index (χ1) is 6.11. The first-order valence-electron chi connectivity index (χ1n) is 4.28. The van der Waals surface area contributed by atoms with Crippen LogP contribution in [0.2, 0.25) is 0 Å². The van der Waals surface area contributed by atoms with Gasteiger partial charge in [-0.1, -0.05) is 0 Å². The third-order valence-corrected chi connectivity index (χ3v) is 3.25. The average molecular weight is 202 g/mol. The number of primary amides is 1. The maximum absolute atomic E-state index is 11.4. The predicted molar refractivity (Wildman–Crippen MR) is 52.2 cm³/mol. The predicted octanol–water partition coefficient (Wildman–Crippen LogP) is -0.271. The topological polar surface area (TPSA) is 72.2 Å². The molecule has 0 aliphatic carbocycles. The summed E-state index contributed by atoms with van der Waals surface area (Å²) in [5, 5.41) is 2.59. The summed E-state index contributed by atoms with van der Waals surface area (Å²) < 4.78 is 0. The van der Waals surface area contributed by atoms with Crippen LogP contribution in [0.1, 0.15) is 13.3 Å². The van der Waals surface area contributed by atoms with Crippen molar-refractivity contribution in [2.75, 3.05) is 11.5 Å². The molecule has 4 nitrogen and oxygen atoms in total. The summed E-state index contributed by atoms with van der Waals surface area (Å²) in [6.45, 7) is 1.60. The van der Waals surface area contributed by atoms with Gasteiger partial charge in [0.1, 0.15) is 6.04 Å². The van der Waals surface area contributed by atoms with E-state index in [-0.39, 0.29) is 11.8 Å². The van der Waals surface area contributed by atoms with Crippen LogP contribution in [0.25, 0.3) is 0 Å². The van der Waals surface area contributed by atoms with E-state index in [1.54, 1.807) is 18.7 Å². The highest BCUT2D eigenvalue weighted by molar-refractivity contribution is 7.99. The first-order valence-corrected chi connectivity index (χ1v) is 5.44. The van der Waals surface area contributed by atoms with Gasteiger partial charge in [0, 0.05) is 11.7 Å². The molecule has 1 fully saturated rings. The van der Waals surface area contributed by atoms with E-state index in [9.17, 15) is 9.59 Å². The van der Waals surface area contributed by atoms with Crippen molar-refractivity contribution in [3.8, 4) is 0 Å². The molecule has 1 rings (SSSR count). The summed E-state index contributed by atoms with van der Waals surface area (Å²) >= 11 is 1.77. The molecule has 5 heteroatoms. The minimum Gasteiger partial charge on any atom is -0.368 e. The van der Waals surface area contributed by atoms with Crippen LogP contribution in [-0.4, -0.2) is 29.4 Å². The number of hydrogen-bond donors (Lipinski definition) is 2. The molecule has 0 saturated carbocycles. The number of nitrogens with one attached hydrogen (secondary N) is 1. The van der Waals surface area contributed by atoms with E-state index in [0.717, 1.165) is 17.9 Å². The van der Waals surface area contributed by atoms with Gasteiger partial charge in [-0.05, 0) is 19.1 Å². The van der Waals surface area contributed by atoms with Gasteiger partial charge in [0.25, 0.3) is 0 Å². The molecule has 0 bridgehead atoms. The Balaban J connectivity index is 2.35. The molecule has 13 heavy (non-hydrogen) atoms.